The maximum absolute atomic E-state index is 12.3. The van der Waals surface area contributed by atoms with Crippen LogP contribution in [-0.2, 0) is 4.79 Å². The van der Waals surface area contributed by atoms with Gasteiger partial charge in [-0.15, -0.1) is 11.3 Å². The van der Waals surface area contributed by atoms with Crippen molar-refractivity contribution in [2.24, 2.45) is 0 Å². The monoisotopic (exact) mass is 393 g/mol. The van der Waals surface area contributed by atoms with E-state index >= 15 is 0 Å². The predicted octanol–water partition coefficient (Wildman–Crippen LogP) is 4.70. The lowest BCUT2D eigenvalue weighted by molar-refractivity contribution is -0.113. The standard InChI is InChI=1S/C17H16ClN3O2S2/c1-9-10(2)25-17-15(9)16(19-8-20-17)24-7-14(22)21-12-6-11(18)4-5-13(12)23-3/h4-6,8H,7H2,1-3H3,(H,21,22). The third-order valence-electron chi connectivity index (χ3n) is 3.71. The van der Waals surface area contributed by atoms with Crippen LogP contribution in [0.5, 0.6) is 5.75 Å². The number of rotatable bonds is 5. The van der Waals surface area contributed by atoms with Crippen molar-refractivity contribution in [3.63, 3.8) is 0 Å². The molecule has 0 aliphatic carbocycles. The SMILES string of the molecule is COc1ccc(Cl)cc1NC(=O)CSc1ncnc2sc(C)c(C)c12. The van der Waals surface area contributed by atoms with Crippen LogP contribution in [0.4, 0.5) is 5.69 Å². The molecule has 2 heterocycles. The van der Waals surface area contributed by atoms with E-state index in [4.69, 9.17) is 16.3 Å². The number of hydrogen-bond acceptors (Lipinski definition) is 6. The summed E-state index contributed by atoms with van der Waals surface area (Å²) in [4.78, 5) is 23.1. The van der Waals surface area contributed by atoms with E-state index in [1.54, 1.807) is 36.6 Å². The Morgan fingerprint density at radius 2 is 2.16 bits per heavy atom. The number of nitrogens with one attached hydrogen (secondary N) is 1. The quantitative estimate of drug-likeness (QED) is 0.502. The Morgan fingerprint density at radius 1 is 1.36 bits per heavy atom. The Balaban J connectivity index is 1.74. The molecular weight excluding hydrogens is 378 g/mol. The number of nitrogens with zero attached hydrogens (tertiary/aromatic N) is 2. The van der Waals surface area contributed by atoms with Crippen molar-refractivity contribution in [3.8, 4) is 5.75 Å². The number of halogens is 1. The molecule has 0 unspecified atom stereocenters. The van der Waals surface area contributed by atoms with Gasteiger partial charge in [-0.05, 0) is 37.6 Å². The average Bonchev–Trinajstić information content (AvgIpc) is 2.88. The summed E-state index contributed by atoms with van der Waals surface area (Å²) in [5, 5.41) is 5.21. The summed E-state index contributed by atoms with van der Waals surface area (Å²) in [7, 11) is 1.55. The number of fused-ring (bicyclic) bond motifs is 1. The van der Waals surface area contributed by atoms with Crippen LogP contribution in [0.3, 0.4) is 0 Å². The molecule has 0 saturated heterocycles. The lowest BCUT2D eigenvalue weighted by atomic mass is 10.2. The summed E-state index contributed by atoms with van der Waals surface area (Å²) in [6, 6.07) is 5.10. The van der Waals surface area contributed by atoms with Crippen LogP contribution in [0.1, 0.15) is 10.4 Å². The third-order valence-corrected chi connectivity index (χ3v) is 6.05. The first kappa shape index (κ1) is 18.0. The molecule has 0 aliphatic heterocycles. The highest BCUT2D eigenvalue weighted by Crippen LogP contribution is 2.34. The molecule has 25 heavy (non-hydrogen) atoms. The molecule has 2 aromatic heterocycles. The van der Waals surface area contributed by atoms with Crippen molar-refractivity contribution >= 4 is 56.5 Å². The zero-order valence-corrected chi connectivity index (χ0v) is 16.3. The molecule has 0 aliphatic rings. The lowest BCUT2D eigenvalue weighted by Gasteiger charge is -2.10. The van der Waals surface area contributed by atoms with Gasteiger partial charge in [0.25, 0.3) is 0 Å². The molecule has 3 rings (SSSR count). The molecular formula is C17H16ClN3O2S2. The zero-order valence-electron chi connectivity index (χ0n) is 13.9. The number of carbonyl (C=O) groups is 1. The van der Waals surface area contributed by atoms with Crippen LogP contribution < -0.4 is 10.1 Å². The number of hydrogen-bond donors (Lipinski definition) is 1. The van der Waals surface area contributed by atoms with E-state index in [-0.39, 0.29) is 11.7 Å². The van der Waals surface area contributed by atoms with Gasteiger partial charge in [0.05, 0.1) is 18.6 Å². The first-order chi connectivity index (χ1) is 12.0. The number of thiophene rings is 1. The zero-order chi connectivity index (χ0) is 18.0. The first-order valence-corrected chi connectivity index (χ1v) is 9.64. The Bertz CT molecular complexity index is 943. The van der Waals surface area contributed by atoms with E-state index in [1.807, 2.05) is 0 Å². The van der Waals surface area contributed by atoms with Crippen molar-refractivity contribution in [2.45, 2.75) is 18.9 Å². The van der Waals surface area contributed by atoms with Crippen LogP contribution in [0.15, 0.2) is 29.6 Å². The van der Waals surface area contributed by atoms with Crippen molar-refractivity contribution in [2.75, 3.05) is 18.2 Å². The van der Waals surface area contributed by atoms with E-state index in [0.717, 1.165) is 15.2 Å². The molecule has 0 fully saturated rings. The van der Waals surface area contributed by atoms with Crippen molar-refractivity contribution in [1.82, 2.24) is 9.97 Å². The highest BCUT2D eigenvalue weighted by atomic mass is 35.5. The summed E-state index contributed by atoms with van der Waals surface area (Å²) in [5.41, 5.74) is 1.72. The first-order valence-electron chi connectivity index (χ1n) is 7.46. The minimum Gasteiger partial charge on any atom is -0.495 e. The fraction of sp³-hybridized carbons (Fsp3) is 0.235. The molecule has 1 N–H and O–H groups in total. The van der Waals surface area contributed by atoms with Crippen LogP contribution in [0.25, 0.3) is 10.2 Å². The molecule has 1 aromatic carbocycles. The van der Waals surface area contributed by atoms with Gasteiger partial charge in [-0.2, -0.15) is 0 Å². The van der Waals surface area contributed by atoms with Gasteiger partial charge >= 0.3 is 0 Å². The van der Waals surface area contributed by atoms with Gasteiger partial charge in [0, 0.05) is 15.3 Å². The number of anilines is 1. The molecule has 0 radical (unpaired) electrons. The smallest absolute Gasteiger partial charge is 0.234 e. The number of carbonyl (C=O) groups excluding carboxylic acids is 1. The second-order valence-electron chi connectivity index (χ2n) is 5.32. The van der Waals surface area contributed by atoms with E-state index in [2.05, 4.69) is 29.1 Å². The molecule has 0 spiro atoms. The van der Waals surface area contributed by atoms with E-state index < -0.39 is 0 Å². The largest absolute Gasteiger partial charge is 0.495 e. The average molecular weight is 394 g/mol. The maximum atomic E-state index is 12.3. The Labute approximate surface area is 158 Å². The number of methoxy groups -OCH3 is 1. The van der Waals surface area contributed by atoms with Crippen LogP contribution in [0, 0.1) is 13.8 Å². The Kier molecular flexibility index (Phi) is 5.46. The lowest BCUT2D eigenvalue weighted by Crippen LogP contribution is -2.14. The number of aromatic nitrogens is 2. The third kappa shape index (κ3) is 3.89. The number of thioether (sulfide) groups is 1. The second kappa shape index (κ2) is 7.59. The molecule has 8 heteroatoms. The summed E-state index contributed by atoms with van der Waals surface area (Å²) in [5.74, 6) is 0.647. The molecule has 3 aromatic rings. The number of amides is 1. The van der Waals surface area contributed by atoms with Crippen molar-refractivity contribution in [1.29, 1.82) is 0 Å². The molecule has 0 saturated carbocycles. The summed E-state index contributed by atoms with van der Waals surface area (Å²) < 4.78 is 5.24. The number of ether oxygens (including phenoxy) is 1. The number of aryl methyl sites for hydroxylation is 2. The van der Waals surface area contributed by atoms with Gasteiger partial charge in [-0.1, -0.05) is 23.4 Å². The molecule has 0 atom stereocenters. The Morgan fingerprint density at radius 3 is 2.92 bits per heavy atom. The van der Waals surface area contributed by atoms with Gasteiger partial charge < -0.3 is 10.1 Å². The Hall–Kier alpha value is -1.83. The minimum atomic E-state index is -0.151. The molecule has 0 bridgehead atoms. The topological polar surface area (TPSA) is 64.1 Å². The number of benzene rings is 1. The van der Waals surface area contributed by atoms with E-state index in [0.29, 0.717) is 16.5 Å². The van der Waals surface area contributed by atoms with Gasteiger partial charge in [-0.25, -0.2) is 9.97 Å². The van der Waals surface area contributed by atoms with Gasteiger partial charge in [0.2, 0.25) is 5.91 Å². The second-order valence-corrected chi connectivity index (χ2v) is 7.93. The summed E-state index contributed by atoms with van der Waals surface area (Å²) >= 11 is 9.02. The van der Waals surface area contributed by atoms with Crippen molar-refractivity contribution < 1.29 is 9.53 Å². The van der Waals surface area contributed by atoms with Gasteiger partial charge in [-0.3, -0.25) is 4.79 Å². The molecule has 130 valence electrons. The van der Waals surface area contributed by atoms with Gasteiger partial charge in [0.15, 0.2) is 0 Å². The normalized spacial score (nSPS) is 10.9. The van der Waals surface area contributed by atoms with Crippen LogP contribution in [0.2, 0.25) is 5.02 Å². The summed E-state index contributed by atoms with van der Waals surface area (Å²) in [6.07, 6.45) is 1.54. The molecule has 5 nitrogen and oxygen atoms in total. The maximum Gasteiger partial charge on any atom is 0.234 e. The minimum absolute atomic E-state index is 0.151. The molecule has 1 amide bonds. The highest BCUT2D eigenvalue weighted by molar-refractivity contribution is 8.00. The fourth-order valence-corrected chi connectivity index (χ4v) is 4.45. The predicted molar refractivity (Wildman–Crippen MR) is 104 cm³/mol. The van der Waals surface area contributed by atoms with Crippen LogP contribution >= 0.6 is 34.7 Å². The van der Waals surface area contributed by atoms with Crippen molar-refractivity contribution in [3.05, 3.63) is 40.0 Å². The van der Waals surface area contributed by atoms with E-state index in [1.165, 1.54) is 28.5 Å². The summed E-state index contributed by atoms with van der Waals surface area (Å²) in [6.45, 7) is 4.12. The van der Waals surface area contributed by atoms with E-state index in [9.17, 15) is 4.79 Å². The highest BCUT2D eigenvalue weighted by Gasteiger charge is 2.14. The fourth-order valence-electron chi connectivity index (χ4n) is 2.36. The van der Waals surface area contributed by atoms with Gasteiger partial charge in [0.1, 0.15) is 21.9 Å². The van der Waals surface area contributed by atoms with Crippen LogP contribution in [-0.4, -0.2) is 28.7 Å².